The summed E-state index contributed by atoms with van der Waals surface area (Å²) in [6, 6.07) is 9.00. The summed E-state index contributed by atoms with van der Waals surface area (Å²) in [5.41, 5.74) is 0.303. The summed E-state index contributed by atoms with van der Waals surface area (Å²) in [4.78, 5) is 26.4. The molecule has 3 rings (SSSR count). The molecule has 2 saturated heterocycles. The molecule has 0 N–H and O–H groups in total. The van der Waals surface area contributed by atoms with Crippen LogP contribution in [0.3, 0.4) is 0 Å². The maximum atomic E-state index is 12.5. The third-order valence-electron chi connectivity index (χ3n) is 4.29. The van der Waals surface area contributed by atoms with E-state index in [-0.39, 0.29) is 11.9 Å². The Hall–Kier alpha value is -1.92. The molecule has 1 aromatic carbocycles. The van der Waals surface area contributed by atoms with Crippen molar-refractivity contribution in [1.29, 1.82) is 0 Å². The molecule has 2 fully saturated rings. The van der Waals surface area contributed by atoms with Gasteiger partial charge in [-0.3, -0.25) is 9.69 Å². The van der Waals surface area contributed by atoms with Crippen LogP contribution in [-0.4, -0.2) is 47.7 Å². The number of likely N-dealkylation sites (tertiary alicyclic amines) is 1. The molecule has 136 valence electrons. The average molecular weight is 347 g/mol. The molecule has 2 aliphatic rings. The average Bonchev–Trinajstić information content (AvgIpc) is 2.96. The standard InChI is InChI=1S/C19H25NO5/c1-19(2,3)25-18(22)20-11-9-14(21)16(20)15-10-12-23-17(24-15)13-7-5-4-6-8-13/h4-8,15-17H,9-12H2,1-3H3/t15-,16-,17-/m0/s1. The van der Waals surface area contributed by atoms with E-state index in [1.807, 2.05) is 51.1 Å². The highest BCUT2D eigenvalue weighted by Crippen LogP contribution is 2.32. The summed E-state index contributed by atoms with van der Waals surface area (Å²) in [7, 11) is 0. The highest BCUT2D eigenvalue weighted by Gasteiger charge is 2.45. The number of hydrogen-bond acceptors (Lipinski definition) is 5. The van der Waals surface area contributed by atoms with Gasteiger partial charge in [0, 0.05) is 18.5 Å². The van der Waals surface area contributed by atoms with Gasteiger partial charge in [-0.25, -0.2) is 4.79 Å². The number of rotatable bonds is 2. The van der Waals surface area contributed by atoms with E-state index in [1.54, 1.807) is 0 Å². The van der Waals surface area contributed by atoms with Crippen LogP contribution in [0.1, 0.15) is 45.5 Å². The highest BCUT2D eigenvalue weighted by molar-refractivity contribution is 5.91. The second-order valence-corrected chi connectivity index (χ2v) is 7.41. The molecule has 2 heterocycles. The van der Waals surface area contributed by atoms with E-state index in [2.05, 4.69) is 0 Å². The molecular weight excluding hydrogens is 322 g/mol. The largest absolute Gasteiger partial charge is 0.444 e. The van der Waals surface area contributed by atoms with Crippen LogP contribution in [0.25, 0.3) is 0 Å². The molecule has 1 amide bonds. The molecule has 0 bridgehead atoms. The topological polar surface area (TPSA) is 65.1 Å². The fourth-order valence-corrected chi connectivity index (χ4v) is 3.20. The Labute approximate surface area is 148 Å². The first-order chi connectivity index (χ1) is 11.8. The Morgan fingerprint density at radius 1 is 1.24 bits per heavy atom. The van der Waals surface area contributed by atoms with Crippen LogP contribution in [-0.2, 0) is 19.0 Å². The third-order valence-corrected chi connectivity index (χ3v) is 4.29. The lowest BCUT2D eigenvalue weighted by molar-refractivity contribution is -0.226. The minimum Gasteiger partial charge on any atom is -0.444 e. The van der Waals surface area contributed by atoms with Crippen molar-refractivity contribution in [3.63, 3.8) is 0 Å². The lowest BCUT2D eigenvalue weighted by Gasteiger charge is -2.37. The smallest absolute Gasteiger partial charge is 0.411 e. The number of hydrogen-bond donors (Lipinski definition) is 0. The molecule has 0 saturated carbocycles. The van der Waals surface area contributed by atoms with Crippen LogP contribution in [0.4, 0.5) is 4.79 Å². The Bertz CT molecular complexity index is 624. The van der Waals surface area contributed by atoms with Gasteiger partial charge < -0.3 is 14.2 Å². The van der Waals surface area contributed by atoms with Gasteiger partial charge in [0.2, 0.25) is 0 Å². The SMILES string of the molecule is CC(C)(C)OC(=O)N1CCC(=O)[C@H]1[C@@H]1CCO[C@H](c2ccccc2)O1. The zero-order valence-corrected chi connectivity index (χ0v) is 14.9. The van der Waals surface area contributed by atoms with E-state index in [0.717, 1.165) is 5.56 Å². The zero-order valence-electron chi connectivity index (χ0n) is 14.9. The maximum Gasteiger partial charge on any atom is 0.411 e. The third kappa shape index (κ3) is 4.19. The molecule has 0 aromatic heterocycles. The Morgan fingerprint density at radius 2 is 1.96 bits per heavy atom. The van der Waals surface area contributed by atoms with Crippen LogP contribution in [0.2, 0.25) is 0 Å². The van der Waals surface area contributed by atoms with Crippen LogP contribution in [0.15, 0.2) is 30.3 Å². The quantitative estimate of drug-likeness (QED) is 0.823. The van der Waals surface area contributed by atoms with E-state index in [1.165, 1.54) is 4.90 Å². The van der Waals surface area contributed by atoms with E-state index in [4.69, 9.17) is 14.2 Å². The van der Waals surface area contributed by atoms with Gasteiger partial charge in [-0.2, -0.15) is 0 Å². The number of ether oxygens (including phenoxy) is 3. The van der Waals surface area contributed by atoms with Crippen molar-refractivity contribution in [3.05, 3.63) is 35.9 Å². The monoisotopic (exact) mass is 347 g/mol. The van der Waals surface area contributed by atoms with Crippen molar-refractivity contribution in [2.24, 2.45) is 0 Å². The molecule has 0 aliphatic carbocycles. The molecular formula is C19H25NO5. The summed E-state index contributed by atoms with van der Waals surface area (Å²) in [6.45, 7) is 6.29. The van der Waals surface area contributed by atoms with Crippen molar-refractivity contribution in [2.45, 2.75) is 57.6 Å². The van der Waals surface area contributed by atoms with Gasteiger partial charge in [0.1, 0.15) is 11.6 Å². The Kier molecular flexibility index (Phi) is 5.11. The first kappa shape index (κ1) is 17.9. The fraction of sp³-hybridized carbons (Fsp3) is 0.579. The van der Waals surface area contributed by atoms with E-state index in [9.17, 15) is 9.59 Å². The molecule has 0 spiro atoms. The van der Waals surface area contributed by atoms with Gasteiger partial charge in [0.05, 0.1) is 12.7 Å². The van der Waals surface area contributed by atoms with Gasteiger partial charge in [-0.1, -0.05) is 30.3 Å². The Balaban J connectivity index is 1.74. The minimum absolute atomic E-state index is 0.0181. The number of carbonyl (C=O) groups is 2. The number of ketones is 1. The summed E-state index contributed by atoms with van der Waals surface area (Å²) in [6.07, 6.45) is -0.468. The highest BCUT2D eigenvalue weighted by atomic mass is 16.7. The molecule has 25 heavy (non-hydrogen) atoms. The van der Waals surface area contributed by atoms with E-state index in [0.29, 0.717) is 26.0 Å². The predicted molar refractivity (Wildman–Crippen MR) is 91.0 cm³/mol. The number of Topliss-reactive ketones (excluding diaryl/α,β-unsaturated/α-hetero) is 1. The van der Waals surface area contributed by atoms with Crippen molar-refractivity contribution in [3.8, 4) is 0 Å². The number of carbonyl (C=O) groups excluding carboxylic acids is 2. The van der Waals surface area contributed by atoms with E-state index < -0.39 is 24.0 Å². The van der Waals surface area contributed by atoms with Crippen LogP contribution >= 0.6 is 0 Å². The van der Waals surface area contributed by atoms with Crippen LogP contribution < -0.4 is 0 Å². The first-order valence-electron chi connectivity index (χ1n) is 8.69. The normalized spacial score (nSPS) is 27.4. The van der Waals surface area contributed by atoms with Crippen LogP contribution in [0, 0.1) is 0 Å². The lowest BCUT2D eigenvalue weighted by atomic mass is 10.0. The molecule has 0 radical (unpaired) electrons. The van der Waals surface area contributed by atoms with Gasteiger partial charge >= 0.3 is 6.09 Å². The summed E-state index contributed by atoms with van der Waals surface area (Å²) in [5, 5.41) is 0. The fourth-order valence-electron chi connectivity index (χ4n) is 3.20. The molecule has 6 heteroatoms. The van der Waals surface area contributed by atoms with Crippen LogP contribution in [0.5, 0.6) is 0 Å². The zero-order chi connectivity index (χ0) is 18.0. The van der Waals surface area contributed by atoms with Crippen molar-refractivity contribution in [2.75, 3.05) is 13.2 Å². The van der Waals surface area contributed by atoms with Gasteiger partial charge in [0.15, 0.2) is 12.1 Å². The van der Waals surface area contributed by atoms with Crippen molar-refractivity contribution >= 4 is 11.9 Å². The van der Waals surface area contributed by atoms with Gasteiger partial charge in [-0.15, -0.1) is 0 Å². The number of amides is 1. The lowest BCUT2D eigenvalue weighted by Crippen LogP contribution is -2.50. The molecule has 2 aliphatic heterocycles. The van der Waals surface area contributed by atoms with Gasteiger partial charge in [-0.05, 0) is 27.2 Å². The van der Waals surface area contributed by atoms with Crippen molar-refractivity contribution < 1.29 is 23.8 Å². The van der Waals surface area contributed by atoms with E-state index >= 15 is 0 Å². The number of nitrogens with zero attached hydrogens (tertiary/aromatic N) is 1. The minimum atomic E-state index is -0.607. The first-order valence-corrected chi connectivity index (χ1v) is 8.69. The van der Waals surface area contributed by atoms with Crippen molar-refractivity contribution in [1.82, 2.24) is 4.90 Å². The molecule has 3 atom stereocenters. The Morgan fingerprint density at radius 3 is 2.64 bits per heavy atom. The summed E-state index contributed by atoms with van der Waals surface area (Å²) < 4.78 is 17.2. The predicted octanol–water partition coefficient (Wildman–Crippen LogP) is 3.07. The molecule has 6 nitrogen and oxygen atoms in total. The maximum absolute atomic E-state index is 12.5. The summed E-state index contributed by atoms with van der Waals surface area (Å²) >= 11 is 0. The second-order valence-electron chi connectivity index (χ2n) is 7.41. The molecule has 0 unspecified atom stereocenters. The second kappa shape index (κ2) is 7.14. The van der Waals surface area contributed by atoms with Gasteiger partial charge in [0.25, 0.3) is 0 Å². The number of benzene rings is 1. The molecule has 1 aromatic rings. The summed E-state index contributed by atoms with van der Waals surface area (Å²) in [5.74, 6) is 0.0181.